The summed E-state index contributed by atoms with van der Waals surface area (Å²) in [5, 5.41) is 0. The van der Waals surface area contributed by atoms with Crippen LogP contribution in [-0.4, -0.2) is 7.11 Å². The van der Waals surface area contributed by atoms with Gasteiger partial charge in [-0.1, -0.05) is 32.9 Å². The van der Waals surface area contributed by atoms with Crippen molar-refractivity contribution >= 4 is 0 Å². The van der Waals surface area contributed by atoms with Crippen LogP contribution in [0.2, 0.25) is 0 Å². The van der Waals surface area contributed by atoms with E-state index >= 15 is 0 Å². The molecule has 1 aliphatic rings. The molecule has 1 aromatic carbocycles. The first-order valence-corrected chi connectivity index (χ1v) is 5.81. The van der Waals surface area contributed by atoms with E-state index < -0.39 is 0 Å². The van der Waals surface area contributed by atoms with Gasteiger partial charge in [-0.3, -0.25) is 0 Å². The summed E-state index contributed by atoms with van der Waals surface area (Å²) in [6.45, 7) is 8.40. The van der Waals surface area contributed by atoms with E-state index in [4.69, 9.17) is 4.74 Å². The molecule has 1 heteroatoms. The molecule has 1 aromatic rings. The Morgan fingerprint density at radius 3 is 2.27 bits per heavy atom. The van der Waals surface area contributed by atoms with Crippen LogP contribution in [0.4, 0.5) is 0 Å². The van der Waals surface area contributed by atoms with Crippen molar-refractivity contribution in [3.05, 3.63) is 29.3 Å². The molecule has 0 bridgehead atoms. The van der Waals surface area contributed by atoms with Crippen LogP contribution in [0.15, 0.2) is 18.2 Å². The van der Waals surface area contributed by atoms with Crippen LogP contribution in [0.3, 0.4) is 0 Å². The van der Waals surface area contributed by atoms with Crippen LogP contribution in [0.25, 0.3) is 0 Å². The summed E-state index contributed by atoms with van der Waals surface area (Å²) < 4.78 is 5.31. The zero-order valence-electron chi connectivity index (χ0n) is 10.6. The summed E-state index contributed by atoms with van der Waals surface area (Å²) in [7, 11) is 1.74. The van der Waals surface area contributed by atoms with Gasteiger partial charge in [0.25, 0.3) is 0 Å². The maximum Gasteiger partial charge on any atom is 0.122 e. The first-order valence-electron chi connectivity index (χ1n) is 5.81. The molecule has 1 saturated carbocycles. The second kappa shape index (κ2) is 4.69. The Morgan fingerprint density at radius 1 is 1.20 bits per heavy atom. The zero-order chi connectivity index (χ0) is 11.5. The average Bonchev–Trinajstić information content (AvgIpc) is 3.01. The van der Waals surface area contributed by atoms with Crippen molar-refractivity contribution in [2.75, 3.05) is 7.11 Å². The zero-order valence-corrected chi connectivity index (χ0v) is 10.6. The van der Waals surface area contributed by atoms with E-state index in [2.05, 4.69) is 32.0 Å². The van der Waals surface area contributed by atoms with Gasteiger partial charge < -0.3 is 4.74 Å². The number of ether oxygens (including phenoxy) is 1. The third-order valence-electron chi connectivity index (χ3n) is 3.10. The predicted octanol–water partition coefficient (Wildman–Crippen LogP) is 4.08. The quantitative estimate of drug-likeness (QED) is 0.708. The molecule has 1 fully saturated rings. The molecule has 0 radical (unpaired) electrons. The number of hydrogen-bond acceptors (Lipinski definition) is 1. The maximum atomic E-state index is 5.31. The largest absolute Gasteiger partial charge is 0.496 e. The highest BCUT2D eigenvalue weighted by atomic mass is 16.5. The molecule has 1 aliphatic carbocycles. The molecule has 0 N–H and O–H groups in total. The van der Waals surface area contributed by atoms with Crippen molar-refractivity contribution in [1.82, 2.24) is 0 Å². The molecule has 1 nitrogen and oxygen atoms in total. The Balaban J connectivity index is 0.000000531. The first-order chi connectivity index (χ1) is 7.15. The fraction of sp³-hybridized carbons (Fsp3) is 0.571. The molecule has 84 valence electrons. The second-order valence-corrected chi connectivity index (χ2v) is 4.25. The average molecular weight is 206 g/mol. The van der Waals surface area contributed by atoms with Gasteiger partial charge in [0, 0.05) is 0 Å². The molecule has 0 aromatic heterocycles. The van der Waals surface area contributed by atoms with Crippen LogP contribution in [0.1, 0.15) is 44.7 Å². The van der Waals surface area contributed by atoms with E-state index in [0.717, 1.165) is 5.75 Å². The highest BCUT2D eigenvalue weighted by Gasteiger charge is 2.39. The highest BCUT2D eigenvalue weighted by Crippen LogP contribution is 2.48. The molecule has 15 heavy (non-hydrogen) atoms. The fourth-order valence-electron chi connectivity index (χ4n) is 1.67. The van der Waals surface area contributed by atoms with Crippen molar-refractivity contribution in [2.24, 2.45) is 0 Å². The Hall–Kier alpha value is -0.980. The molecule has 0 amide bonds. The molecule has 0 aliphatic heterocycles. The molecule has 0 saturated heterocycles. The monoisotopic (exact) mass is 206 g/mol. The lowest BCUT2D eigenvalue weighted by Gasteiger charge is -2.12. The molecule has 2 rings (SSSR count). The summed E-state index contributed by atoms with van der Waals surface area (Å²) in [6, 6.07) is 6.56. The fourth-order valence-corrected chi connectivity index (χ4v) is 1.67. The third-order valence-corrected chi connectivity index (χ3v) is 3.10. The maximum absolute atomic E-state index is 5.31. The molecule has 0 unspecified atom stereocenters. The van der Waals surface area contributed by atoms with Gasteiger partial charge in [-0.05, 0) is 42.4 Å². The van der Waals surface area contributed by atoms with Crippen LogP contribution in [0, 0.1) is 6.92 Å². The van der Waals surface area contributed by atoms with Crippen molar-refractivity contribution in [2.45, 2.75) is 46.0 Å². The minimum Gasteiger partial charge on any atom is -0.496 e. The van der Waals surface area contributed by atoms with Gasteiger partial charge in [0.2, 0.25) is 0 Å². The number of rotatable bonds is 2. The van der Waals surface area contributed by atoms with Gasteiger partial charge in [-0.25, -0.2) is 0 Å². The molecular weight excluding hydrogens is 184 g/mol. The summed E-state index contributed by atoms with van der Waals surface area (Å²) in [5.74, 6) is 1.02. The van der Waals surface area contributed by atoms with Gasteiger partial charge in [0.15, 0.2) is 0 Å². The Labute approximate surface area is 93.5 Å². The molecule has 0 atom stereocenters. The molecular formula is C14H22O. The van der Waals surface area contributed by atoms with Gasteiger partial charge in [-0.2, -0.15) is 0 Å². The van der Waals surface area contributed by atoms with E-state index in [0.29, 0.717) is 5.41 Å². The smallest absolute Gasteiger partial charge is 0.122 e. The third kappa shape index (κ3) is 2.53. The Morgan fingerprint density at radius 2 is 1.80 bits per heavy atom. The van der Waals surface area contributed by atoms with Gasteiger partial charge in [0.1, 0.15) is 5.75 Å². The Kier molecular flexibility index (Phi) is 3.78. The van der Waals surface area contributed by atoms with E-state index in [-0.39, 0.29) is 0 Å². The summed E-state index contributed by atoms with van der Waals surface area (Å²) in [5.41, 5.74) is 3.09. The van der Waals surface area contributed by atoms with E-state index in [1.54, 1.807) is 7.11 Å². The van der Waals surface area contributed by atoms with Crippen molar-refractivity contribution in [3.63, 3.8) is 0 Å². The Bertz CT molecular complexity index is 324. The normalized spacial score (nSPS) is 16.3. The molecule has 0 heterocycles. The molecule has 0 spiro atoms. The van der Waals surface area contributed by atoms with Gasteiger partial charge >= 0.3 is 0 Å². The minimum absolute atomic E-state index is 0.445. The van der Waals surface area contributed by atoms with E-state index in [9.17, 15) is 0 Å². The van der Waals surface area contributed by atoms with Crippen molar-refractivity contribution in [1.29, 1.82) is 0 Å². The van der Waals surface area contributed by atoms with Crippen molar-refractivity contribution in [3.8, 4) is 5.75 Å². The summed E-state index contributed by atoms with van der Waals surface area (Å²) >= 11 is 0. The summed E-state index contributed by atoms with van der Waals surface area (Å²) in [6.07, 6.45) is 2.64. The lowest BCUT2D eigenvalue weighted by molar-refractivity contribution is 0.410. The highest BCUT2D eigenvalue weighted by molar-refractivity contribution is 5.41. The van der Waals surface area contributed by atoms with E-state index in [1.807, 2.05) is 13.8 Å². The topological polar surface area (TPSA) is 9.23 Å². The summed E-state index contributed by atoms with van der Waals surface area (Å²) in [4.78, 5) is 0. The van der Waals surface area contributed by atoms with Gasteiger partial charge in [0.05, 0.1) is 7.11 Å². The van der Waals surface area contributed by atoms with Crippen LogP contribution < -0.4 is 4.74 Å². The lowest BCUT2D eigenvalue weighted by Crippen LogP contribution is -2.00. The van der Waals surface area contributed by atoms with Gasteiger partial charge in [-0.15, -0.1) is 0 Å². The lowest BCUT2D eigenvalue weighted by atomic mass is 9.97. The number of benzene rings is 1. The minimum atomic E-state index is 0.445. The van der Waals surface area contributed by atoms with Crippen LogP contribution in [-0.2, 0) is 5.41 Å². The van der Waals surface area contributed by atoms with E-state index in [1.165, 1.54) is 24.0 Å². The second-order valence-electron chi connectivity index (χ2n) is 4.25. The van der Waals surface area contributed by atoms with Crippen LogP contribution in [0.5, 0.6) is 5.75 Å². The standard InChI is InChI=1S/C12H16O.C2H6/c1-9-4-5-10(8-11(9)13-3)12(2)6-7-12;1-2/h4-5,8H,6-7H2,1-3H3;1-2H3. The van der Waals surface area contributed by atoms with Crippen LogP contribution >= 0.6 is 0 Å². The number of methoxy groups -OCH3 is 1. The predicted molar refractivity (Wildman–Crippen MR) is 65.7 cm³/mol. The number of aryl methyl sites for hydroxylation is 1. The first kappa shape index (κ1) is 12.1. The van der Waals surface area contributed by atoms with Crippen molar-refractivity contribution < 1.29 is 4.74 Å². The SMILES string of the molecule is CC.COc1cc(C2(C)CC2)ccc1C. The number of hydrogen-bond donors (Lipinski definition) is 0.